The van der Waals surface area contributed by atoms with E-state index in [2.05, 4.69) is 10.3 Å². The molecule has 0 bridgehead atoms. The van der Waals surface area contributed by atoms with Gasteiger partial charge in [-0.25, -0.2) is 4.79 Å². The van der Waals surface area contributed by atoms with Crippen LogP contribution in [-0.4, -0.2) is 31.1 Å². The normalized spacial score (nSPS) is 13.9. The van der Waals surface area contributed by atoms with Crippen molar-refractivity contribution in [3.8, 4) is 16.9 Å². The zero-order chi connectivity index (χ0) is 19.7. The van der Waals surface area contributed by atoms with Gasteiger partial charge in [0.1, 0.15) is 5.75 Å². The van der Waals surface area contributed by atoms with Gasteiger partial charge in [-0.15, -0.1) is 0 Å². The summed E-state index contributed by atoms with van der Waals surface area (Å²) in [6.45, 7) is 0. The van der Waals surface area contributed by atoms with E-state index in [-0.39, 0.29) is 11.9 Å². The zero-order valence-electron chi connectivity index (χ0n) is 15.4. The first-order valence-corrected chi connectivity index (χ1v) is 8.69. The van der Waals surface area contributed by atoms with Crippen LogP contribution in [0.5, 0.6) is 5.75 Å². The maximum absolute atomic E-state index is 12.6. The quantitative estimate of drug-likeness (QED) is 0.535. The molecule has 2 N–H and O–H groups in total. The fourth-order valence-electron chi connectivity index (χ4n) is 3.34. The van der Waals surface area contributed by atoms with Crippen LogP contribution in [-0.2, 0) is 9.53 Å². The lowest BCUT2D eigenvalue weighted by Crippen LogP contribution is -2.03. The van der Waals surface area contributed by atoms with Crippen LogP contribution in [0.15, 0.2) is 54.7 Å². The van der Waals surface area contributed by atoms with Crippen LogP contribution in [0.2, 0.25) is 0 Å². The van der Waals surface area contributed by atoms with Gasteiger partial charge < -0.3 is 19.8 Å². The first-order valence-electron chi connectivity index (χ1n) is 8.69. The smallest absolute Gasteiger partial charge is 0.337 e. The number of aromatic amines is 1. The first-order chi connectivity index (χ1) is 13.6. The number of carbonyl (C=O) groups excluding carboxylic acids is 2. The number of amides is 1. The van der Waals surface area contributed by atoms with Gasteiger partial charge in [0.2, 0.25) is 0 Å². The van der Waals surface area contributed by atoms with Crippen LogP contribution in [0.4, 0.5) is 5.69 Å². The molecule has 28 heavy (non-hydrogen) atoms. The number of esters is 1. The lowest BCUT2D eigenvalue weighted by Gasteiger charge is -2.09. The number of methoxy groups -OCH3 is 2. The monoisotopic (exact) mass is 374 g/mol. The minimum atomic E-state index is -0.388. The molecule has 4 rings (SSSR count). The number of hydrogen-bond acceptors (Lipinski definition) is 4. The lowest BCUT2D eigenvalue weighted by molar-refractivity contribution is -0.110. The maximum atomic E-state index is 12.6. The summed E-state index contributed by atoms with van der Waals surface area (Å²) in [5, 5.41) is 2.91. The predicted octanol–water partition coefficient (Wildman–Crippen LogP) is 3.97. The molecule has 2 heterocycles. The van der Waals surface area contributed by atoms with Crippen LogP contribution in [0.1, 0.15) is 21.6 Å². The van der Waals surface area contributed by atoms with Gasteiger partial charge in [-0.05, 0) is 41.5 Å². The highest BCUT2D eigenvalue weighted by molar-refractivity contribution is 6.36. The Labute approximate surface area is 161 Å². The molecule has 0 saturated carbocycles. The summed E-state index contributed by atoms with van der Waals surface area (Å²) in [5.41, 5.74) is 5.08. The fraction of sp³-hybridized carbons (Fsp3) is 0.0909. The van der Waals surface area contributed by atoms with Crippen molar-refractivity contribution in [2.75, 3.05) is 19.5 Å². The molecule has 0 atom stereocenters. The highest BCUT2D eigenvalue weighted by Crippen LogP contribution is 2.41. The van der Waals surface area contributed by atoms with Gasteiger partial charge in [0, 0.05) is 17.4 Å². The zero-order valence-corrected chi connectivity index (χ0v) is 15.4. The number of aromatic nitrogens is 1. The molecule has 0 unspecified atom stereocenters. The molecule has 6 heteroatoms. The van der Waals surface area contributed by atoms with E-state index >= 15 is 0 Å². The number of anilines is 1. The predicted molar refractivity (Wildman–Crippen MR) is 107 cm³/mol. The number of benzene rings is 2. The number of nitrogens with one attached hydrogen (secondary N) is 2. The Morgan fingerprint density at radius 1 is 1.04 bits per heavy atom. The largest absolute Gasteiger partial charge is 0.495 e. The molecule has 1 amide bonds. The molecule has 6 nitrogen and oxygen atoms in total. The molecule has 1 aliphatic rings. The topological polar surface area (TPSA) is 80.4 Å². The Morgan fingerprint density at radius 3 is 2.54 bits per heavy atom. The molecule has 1 aromatic heterocycles. The summed E-state index contributed by atoms with van der Waals surface area (Å²) in [5.74, 6) is 0.0973. The SMILES string of the molecule is COC(=O)c1ccc(-c2cccc3c2C(=Cc2[nH]ccc2OC)C(=O)N3)cc1. The van der Waals surface area contributed by atoms with Crippen LogP contribution >= 0.6 is 0 Å². The number of hydrogen-bond donors (Lipinski definition) is 2. The van der Waals surface area contributed by atoms with Crippen molar-refractivity contribution >= 4 is 29.2 Å². The third-order valence-corrected chi connectivity index (χ3v) is 4.69. The van der Waals surface area contributed by atoms with Gasteiger partial charge in [0.25, 0.3) is 5.91 Å². The van der Waals surface area contributed by atoms with Crippen molar-refractivity contribution < 1.29 is 19.1 Å². The van der Waals surface area contributed by atoms with Crippen LogP contribution in [0, 0.1) is 0 Å². The average molecular weight is 374 g/mol. The highest BCUT2D eigenvalue weighted by Gasteiger charge is 2.27. The minimum Gasteiger partial charge on any atom is -0.495 e. The summed E-state index contributed by atoms with van der Waals surface area (Å²) in [6.07, 6.45) is 3.54. The van der Waals surface area contributed by atoms with Gasteiger partial charge in [-0.3, -0.25) is 4.79 Å². The van der Waals surface area contributed by atoms with Crippen molar-refractivity contribution in [2.45, 2.75) is 0 Å². The Balaban J connectivity index is 1.82. The molecule has 0 aliphatic carbocycles. The molecule has 2 aromatic carbocycles. The number of H-pyrrole nitrogens is 1. The minimum absolute atomic E-state index is 0.176. The van der Waals surface area contributed by atoms with Gasteiger partial charge in [-0.1, -0.05) is 24.3 Å². The molecule has 0 saturated heterocycles. The molecule has 0 spiro atoms. The molecule has 1 aliphatic heterocycles. The Kier molecular flexibility index (Phi) is 4.45. The second-order valence-electron chi connectivity index (χ2n) is 6.27. The fourth-order valence-corrected chi connectivity index (χ4v) is 3.34. The van der Waals surface area contributed by atoms with E-state index in [4.69, 9.17) is 9.47 Å². The highest BCUT2D eigenvalue weighted by atomic mass is 16.5. The third kappa shape index (κ3) is 2.95. The van der Waals surface area contributed by atoms with E-state index in [0.29, 0.717) is 16.9 Å². The van der Waals surface area contributed by atoms with E-state index < -0.39 is 0 Å². The summed E-state index contributed by atoms with van der Waals surface area (Å²) >= 11 is 0. The summed E-state index contributed by atoms with van der Waals surface area (Å²) in [7, 11) is 2.94. The third-order valence-electron chi connectivity index (χ3n) is 4.69. The summed E-state index contributed by atoms with van der Waals surface area (Å²) in [6, 6.07) is 14.6. The second kappa shape index (κ2) is 7.08. The number of fused-ring (bicyclic) bond motifs is 1. The van der Waals surface area contributed by atoms with Crippen LogP contribution in [0.3, 0.4) is 0 Å². The van der Waals surface area contributed by atoms with E-state index in [1.807, 2.05) is 30.3 Å². The lowest BCUT2D eigenvalue weighted by atomic mass is 9.94. The van der Waals surface area contributed by atoms with E-state index in [1.165, 1.54) is 7.11 Å². The van der Waals surface area contributed by atoms with Crippen molar-refractivity contribution in [1.82, 2.24) is 4.98 Å². The second-order valence-corrected chi connectivity index (χ2v) is 6.27. The standard InChI is InChI=1S/C22H18N2O4/c1-27-19-10-11-23-18(19)12-16-20-15(4-3-5-17(20)24-21(16)25)13-6-8-14(9-7-13)22(26)28-2/h3-12,23H,1-2H3,(H,24,25). The average Bonchev–Trinajstić information content (AvgIpc) is 3.31. The van der Waals surface area contributed by atoms with E-state index in [9.17, 15) is 9.59 Å². The summed E-state index contributed by atoms with van der Waals surface area (Å²) in [4.78, 5) is 27.4. The van der Waals surface area contributed by atoms with Gasteiger partial charge in [0.05, 0.1) is 31.1 Å². The van der Waals surface area contributed by atoms with Crippen molar-refractivity contribution in [1.29, 1.82) is 0 Å². The van der Waals surface area contributed by atoms with E-state index in [1.54, 1.807) is 37.6 Å². The molecular weight excluding hydrogens is 356 g/mol. The van der Waals surface area contributed by atoms with Gasteiger partial charge >= 0.3 is 5.97 Å². The Bertz CT molecular complexity index is 1090. The maximum Gasteiger partial charge on any atom is 0.337 e. The number of rotatable bonds is 4. The number of carbonyl (C=O) groups is 2. The first kappa shape index (κ1) is 17.6. The van der Waals surface area contributed by atoms with Crippen LogP contribution < -0.4 is 10.1 Å². The Hall–Kier alpha value is -3.80. The molecule has 140 valence electrons. The van der Waals surface area contributed by atoms with Gasteiger partial charge in [-0.2, -0.15) is 0 Å². The van der Waals surface area contributed by atoms with Crippen molar-refractivity contribution in [3.63, 3.8) is 0 Å². The van der Waals surface area contributed by atoms with E-state index in [0.717, 1.165) is 28.1 Å². The Morgan fingerprint density at radius 2 is 1.82 bits per heavy atom. The summed E-state index contributed by atoms with van der Waals surface area (Å²) < 4.78 is 10.1. The molecule has 0 fully saturated rings. The number of ether oxygens (including phenoxy) is 2. The molecular formula is C22H18N2O4. The van der Waals surface area contributed by atoms with Crippen molar-refractivity contribution in [3.05, 3.63) is 71.5 Å². The van der Waals surface area contributed by atoms with Crippen molar-refractivity contribution in [2.24, 2.45) is 0 Å². The van der Waals surface area contributed by atoms with Crippen LogP contribution in [0.25, 0.3) is 22.8 Å². The molecule has 0 radical (unpaired) electrons. The molecule has 3 aromatic rings. The van der Waals surface area contributed by atoms with Gasteiger partial charge in [0.15, 0.2) is 0 Å².